The van der Waals surface area contributed by atoms with Crippen LogP contribution in [0.2, 0.25) is 5.02 Å². The normalized spacial score (nSPS) is 12.5. The SMILES string of the molecule is Cc1c(F)c(F)c(NC(C(=O)OC(C#N)c2cccc(Oc3ccccc3)c2)C(C)C)c(Cl)c1F. The van der Waals surface area contributed by atoms with Crippen molar-refractivity contribution in [2.45, 2.75) is 32.9 Å². The van der Waals surface area contributed by atoms with Crippen LogP contribution in [0.25, 0.3) is 0 Å². The second kappa shape index (κ2) is 11.2. The van der Waals surface area contributed by atoms with Gasteiger partial charge < -0.3 is 14.8 Å². The zero-order valence-corrected chi connectivity index (χ0v) is 19.9. The van der Waals surface area contributed by atoms with E-state index >= 15 is 0 Å². The van der Waals surface area contributed by atoms with Gasteiger partial charge in [0.1, 0.15) is 34.4 Å². The van der Waals surface area contributed by atoms with Crippen LogP contribution in [0.3, 0.4) is 0 Å². The van der Waals surface area contributed by atoms with Crippen molar-refractivity contribution < 1.29 is 27.4 Å². The lowest BCUT2D eigenvalue weighted by Gasteiger charge is -2.24. The lowest BCUT2D eigenvalue weighted by atomic mass is 10.0. The summed E-state index contributed by atoms with van der Waals surface area (Å²) in [7, 11) is 0. The van der Waals surface area contributed by atoms with Gasteiger partial charge in [0.05, 0.1) is 5.69 Å². The maximum Gasteiger partial charge on any atom is 0.330 e. The predicted octanol–water partition coefficient (Wildman–Crippen LogP) is 7.10. The Morgan fingerprint density at radius 1 is 1.00 bits per heavy atom. The molecule has 0 heterocycles. The molecule has 9 heteroatoms. The predicted molar refractivity (Wildman–Crippen MR) is 126 cm³/mol. The van der Waals surface area contributed by atoms with Gasteiger partial charge in [0.25, 0.3) is 0 Å². The first kappa shape index (κ1) is 25.9. The smallest absolute Gasteiger partial charge is 0.330 e. The Hall–Kier alpha value is -3.70. The maximum absolute atomic E-state index is 14.5. The molecule has 0 aliphatic carbocycles. The number of benzene rings is 3. The van der Waals surface area contributed by atoms with E-state index in [0.717, 1.165) is 6.92 Å². The van der Waals surface area contributed by atoms with Crippen LogP contribution >= 0.6 is 11.6 Å². The summed E-state index contributed by atoms with van der Waals surface area (Å²) in [6.07, 6.45) is -1.32. The monoisotopic (exact) mass is 502 g/mol. The molecule has 35 heavy (non-hydrogen) atoms. The molecule has 2 atom stereocenters. The van der Waals surface area contributed by atoms with Crippen molar-refractivity contribution in [3.05, 3.63) is 88.2 Å². The third-order valence-electron chi connectivity index (χ3n) is 5.19. The van der Waals surface area contributed by atoms with Crippen molar-refractivity contribution in [3.8, 4) is 17.6 Å². The average molecular weight is 503 g/mol. The van der Waals surface area contributed by atoms with E-state index in [1.165, 1.54) is 0 Å². The second-order valence-electron chi connectivity index (χ2n) is 8.06. The van der Waals surface area contributed by atoms with Crippen molar-refractivity contribution in [3.63, 3.8) is 0 Å². The summed E-state index contributed by atoms with van der Waals surface area (Å²) in [4.78, 5) is 12.9. The van der Waals surface area contributed by atoms with Crippen LogP contribution in [0.15, 0.2) is 54.6 Å². The van der Waals surface area contributed by atoms with Crippen LogP contribution in [-0.4, -0.2) is 12.0 Å². The van der Waals surface area contributed by atoms with Gasteiger partial charge in [-0.3, -0.25) is 0 Å². The molecule has 0 saturated carbocycles. The van der Waals surface area contributed by atoms with Crippen LogP contribution in [0.5, 0.6) is 11.5 Å². The first-order valence-electron chi connectivity index (χ1n) is 10.7. The minimum atomic E-state index is -1.42. The molecule has 0 fully saturated rings. The molecule has 3 rings (SSSR count). The molecule has 1 N–H and O–H groups in total. The lowest BCUT2D eigenvalue weighted by molar-refractivity contribution is -0.148. The quantitative estimate of drug-likeness (QED) is 0.263. The third-order valence-corrected chi connectivity index (χ3v) is 5.55. The number of esters is 1. The summed E-state index contributed by atoms with van der Waals surface area (Å²) in [5.41, 5.74) is -0.938. The Balaban J connectivity index is 1.82. The highest BCUT2D eigenvalue weighted by Gasteiger charge is 2.31. The molecule has 0 bridgehead atoms. The van der Waals surface area contributed by atoms with Crippen molar-refractivity contribution in [2.24, 2.45) is 5.92 Å². The number of carbonyl (C=O) groups excluding carboxylic acids is 1. The molecule has 0 aliphatic rings. The Bertz CT molecular complexity index is 1230. The Labute approximate surface area is 206 Å². The van der Waals surface area contributed by atoms with Gasteiger partial charge in [-0.1, -0.05) is 55.8 Å². The summed E-state index contributed by atoms with van der Waals surface area (Å²) in [5.74, 6) is -4.44. The Morgan fingerprint density at radius 2 is 1.66 bits per heavy atom. The molecule has 0 spiro atoms. The van der Waals surface area contributed by atoms with Crippen LogP contribution in [0, 0.1) is 41.6 Å². The molecule has 0 amide bonds. The van der Waals surface area contributed by atoms with E-state index in [1.54, 1.807) is 62.4 Å². The third kappa shape index (κ3) is 5.87. The first-order chi connectivity index (χ1) is 16.6. The molecule has 3 aromatic rings. The number of carbonyl (C=O) groups is 1. The van der Waals surface area contributed by atoms with Crippen molar-refractivity contribution in [1.82, 2.24) is 0 Å². The number of ether oxygens (including phenoxy) is 2. The summed E-state index contributed by atoms with van der Waals surface area (Å²) in [5, 5.41) is 11.4. The fraction of sp³-hybridized carbons (Fsp3) is 0.231. The van der Waals surface area contributed by atoms with Gasteiger partial charge in [-0.15, -0.1) is 0 Å². The van der Waals surface area contributed by atoms with Crippen molar-refractivity contribution in [2.75, 3.05) is 5.32 Å². The van der Waals surface area contributed by atoms with Gasteiger partial charge in [-0.2, -0.15) is 5.26 Å². The van der Waals surface area contributed by atoms with E-state index in [4.69, 9.17) is 21.1 Å². The molecule has 0 radical (unpaired) electrons. The Morgan fingerprint density at radius 3 is 2.29 bits per heavy atom. The molecule has 3 aromatic carbocycles. The molecule has 5 nitrogen and oxygen atoms in total. The largest absolute Gasteiger partial charge is 0.457 e. The zero-order valence-electron chi connectivity index (χ0n) is 19.1. The molecular weight excluding hydrogens is 481 g/mol. The standard InChI is InChI=1S/C26H22ClF3N2O3/c1-14(2)24(32-25-20(27)21(28)15(3)22(29)23(25)30)26(33)35-19(13-31)16-8-7-11-18(12-16)34-17-9-5-4-6-10-17/h4-12,14,19,24,32H,1-3H3. The molecule has 0 saturated heterocycles. The van der Waals surface area contributed by atoms with Crippen molar-refractivity contribution in [1.29, 1.82) is 5.26 Å². The maximum atomic E-state index is 14.5. The van der Waals surface area contributed by atoms with Gasteiger partial charge in [0, 0.05) is 11.1 Å². The first-order valence-corrected chi connectivity index (χ1v) is 11.0. The van der Waals surface area contributed by atoms with E-state index < -0.39 is 57.8 Å². The molecular formula is C26H22ClF3N2O3. The van der Waals surface area contributed by atoms with Gasteiger partial charge >= 0.3 is 5.97 Å². The minimum absolute atomic E-state index is 0.341. The van der Waals surface area contributed by atoms with Gasteiger partial charge in [-0.05, 0) is 37.1 Å². The number of hydrogen-bond donors (Lipinski definition) is 1. The van der Waals surface area contributed by atoms with E-state index in [0.29, 0.717) is 17.1 Å². The van der Waals surface area contributed by atoms with Crippen LogP contribution < -0.4 is 10.1 Å². The molecule has 182 valence electrons. The second-order valence-corrected chi connectivity index (χ2v) is 8.43. The van der Waals surface area contributed by atoms with Crippen molar-refractivity contribution >= 4 is 23.3 Å². The highest BCUT2D eigenvalue weighted by Crippen LogP contribution is 2.34. The molecule has 2 unspecified atom stereocenters. The number of hydrogen-bond acceptors (Lipinski definition) is 5. The van der Waals surface area contributed by atoms with E-state index in [9.17, 15) is 23.2 Å². The fourth-order valence-electron chi connectivity index (χ4n) is 3.25. The van der Waals surface area contributed by atoms with E-state index in [-0.39, 0.29) is 0 Å². The zero-order chi connectivity index (χ0) is 25.7. The number of anilines is 1. The molecule has 0 aliphatic heterocycles. The van der Waals surface area contributed by atoms with Crippen LogP contribution in [0.1, 0.15) is 31.1 Å². The number of nitriles is 1. The minimum Gasteiger partial charge on any atom is -0.457 e. The highest BCUT2D eigenvalue weighted by atomic mass is 35.5. The number of rotatable bonds is 8. The topological polar surface area (TPSA) is 71.3 Å². The summed E-state index contributed by atoms with van der Waals surface area (Å²) >= 11 is 5.88. The highest BCUT2D eigenvalue weighted by molar-refractivity contribution is 6.33. The summed E-state index contributed by atoms with van der Waals surface area (Å²) in [6, 6.07) is 16.0. The van der Waals surface area contributed by atoms with Gasteiger partial charge in [-0.25, -0.2) is 18.0 Å². The summed E-state index contributed by atoms with van der Waals surface area (Å²) < 4.78 is 53.9. The van der Waals surface area contributed by atoms with Crippen LogP contribution in [0.4, 0.5) is 18.9 Å². The van der Waals surface area contributed by atoms with Gasteiger partial charge in [0.15, 0.2) is 11.6 Å². The van der Waals surface area contributed by atoms with E-state index in [2.05, 4.69) is 5.32 Å². The molecule has 0 aromatic heterocycles. The van der Waals surface area contributed by atoms with Crippen LogP contribution in [-0.2, 0) is 9.53 Å². The number of halogens is 4. The number of para-hydroxylation sites is 1. The van der Waals surface area contributed by atoms with E-state index in [1.807, 2.05) is 12.1 Å². The van der Waals surface area contributed by atoms with Gasteiger partial charge in [0.2, 0.25) is 6.10 Å². The number of nitrogens with zero attached hydrogens (tertiary/aromatic N) is 1. The summed E-state index contributed by atoms with van der Waals surface area (Å²) in [6.45, 7) is 4.27. The Kier molecular flexibility index (Phi) is 8.26. The lowest BCUT2D eigenvalue weighted by Crippen LogP contribution is -2.37. The number of nitrogens with one attached hydrogen (secondary N) is 1. The fourth-order valence-corrected chi connectivity index (χ4v) is 3.52. The average Bonchev–Trinajstić information content (AvgIpc) is 2.85.